The van der Waals surface area contributed by atoms with Crippen molar-refractivity contribution in [3.8, 4) is 0 Å². The number of hydrogen-bond acceptors (Lipinski definition) is 6. The zero-order valence-corrected chi connectivity index (χ0v) is 16.7. The van der Waals surface area contributed by atoms with Crippen LogP contribution in [0.25, 0.3) is 0 Å². The van der Waals surface area contributed by atoms with Gasteiger partial charge in [-0.1, -0.05) is 25.8 Å². The summed E-state index contributed by atoms with van der Waals surface area (Å²) in [6.07, 6.45) is 3.83. The van der Waals surface area contributed by atoms with Crippen molar-refractivity contribution in [3.63, 3.8) is 0 Å². The van der Waals surface area contributed by atoms with Crippen LogP contribution >= 0.6 is 0 Å². The maximum absolute atomic E-state index is 12.3. The second-order valence-electron chi connectivity index (χ2n) is 6.56. The van der Waals surface area contributed by atoms with Crippen molar-refractivity contribution in [1.82, 2.24) is 15.4 Å². The summed E-state index contributed by atoms with van der Waals surface area (Å²) < 4.78 is 31.4. The summed E-state index contributed by atoms with van der Waals surface area (Å²) in [6.45, 7) is 2.82. The SMILES string of the molecule is CCNS(=O)(=O)c1ccc(C)c(C(=O)OCC(=O)NC(=O)NC2CCCC2)c1. The van der Waals surface area contributed by atoms with Gasteiger partial charge in [0, 0.05) is 12.6 Å². The predicted octanol–water partition coefficient (Wildman–Crippen LogP) is 1.22. The van der Waals surface area contributed by atoms with Gasteiger partial charge in [0.05, 0.1) is 10.5 Å². The molecule has 0 aliphatic heterocycles. The molecule has 0 heterocycles. The van der Waals surface area contributed by atoms with Crippen LogP contribution in [0.2, 0.25) is 0 Å². The van der Waals surface area contributed by atoms with Gasteiger partial charge in [0.15, 0.2) is 6.61 Å². The number of imide groups is 1. The lowest BCUT2D eigenvalue weighted by molar-refractivity contribution is -0.123. The number of hydrogen-bond donors (Lipinski definition) is 3. The molecule has 1 aliphatic carbocycles. The molecule has 10 heteroatoms. The molecule has 1 aliphatic rings. The molecule has 0 saturated heterocycles. The molecule has 28 heavy (non-hydrogen) atoms. The smallest absolute Gasteiger partial charge is 0.338 e. The summed E-state index contributed by atoms with van der Waals surface area (Å²) >= 11 is 0. The lowest BCUT2D eigenvalue weighted by atomic mass is 10.1. The highest BCUT2D eigenvalue weighted by Gasteiger charge is 2.21. The average molecular weight is 411 g/mol. The number of esters is 1. The van der Waals surface area contributed by atoms with Gasteiger partial charge in [-0.25, -0.2) is 22.7 Å². The first-order valence-corrected chi connectivity index (χ1v) is 10.6. The molecule has 0 radical (unpaired) electrons. The topological polar surface area (TPSA) is 131 Å². The van der Waals surface area contributed by atoms with Crippen LogP contribution in [0.4, 0.5) is 4.79 Å². The number of aryl methyl sites for hydroxylation is 1. The van der Waals surface area contributed by atoms with Crippen LogP contribution in [0.3, 0.4) is 0 Å². The van der Waals surface area contributed by atoms with E-state index in [1.165, 1.54) is 18.2 Å². The highest BCUT2D eigenvalue weighted by Crippen LogP contribution is 2.18. The Hall–Kier alpha value is -2.46. The number of amides is 3. The predicted molar refractivity (Wildman–Crippen MR) is 101 cm³/mol. The van der Waals surface area contributed by atoms with E-state index in [2.05, 4.69) is 15.4 Å². The Kier molecular flexibility index (Phi) is 7.53. The monoisotopic (exact) mass is 411 g/mol. The quantitative estimate of drug-likeness (QED) is 0.578. The van der Waals surface area contributed by atoms with Crippen molar-refractivity contribution in [2.24, 2.45) is 0 Å². The third-order valence-corrected chi connectivity index (χ3v) is 5.89. The molecule has 2 rings (SSSR count). The highest BCUT2D eigenvalue weighted by atomic mass is 32.2. The Morgan fingerprint density at radius 3 is 2.50 bits per heavy atom. The summed E-state index contributed by atoms with van der Waals surface area (Å²) in [7, 11) is -3.73. The number of rotatable bonds is 7. The van der Waals surface area contributed by atoms with Gasteiger partial charge >= 0.3 is 12.0 Å². The van der Waals surface area contributed by atoms with E-state index in [9.17, 15) is 22.8 Å². The first-order chi connectivity index (χ1) is 13.2. The lowest BCUT2D eigenvalue weighted by Gasteiger charge is -2.13. The van der Waals surface area contributed by atoms with E-state index in [0.717, 1.165) is 25.7 Å². The maximum Gasteiger partial charge on any atom is 0.338 e. The second-order valence-corrected chi connectivity index (χ2v) is 8.32. The molecule has 0 aromatic heterocycles. The Balaban J connectivity index is 1.93. The van der Waals surface area contributed by atoms with Crippen molar-refractivity contribution in [2.75, 3.05) is 13.2 Å². The zero-order chi connectivity index (χ0) is 20.7. The van der Waals surface area contributed by atoms with E-state index >= 15 is 0 Å². The van der Waals surface area contributed by atoms with Crippen LogP contribution in [0, 0.1) is 6.92 Å². The van der Waals surface area contributed by atoms with Crippen molar-refractivity contribution >= 4 is 27.9 Å². The van der Waals surface area contributed by atoms with E-state index in [-0.39, 0.29) is 23.0 Å². The Morgan fingerprint density at radius 2 is 1.86 bits per heavy atom. The summed E-state index contributed by atoms with van der Waals surface area (Å²) in [4.78, 5) is 35.7. The second kappa shape index (κ2) is 9.65. The Bertz CT molecular complexity index is 847. The molecule has 0 atom stereocenters. The fourth-order valence-electron chi connectivity index (χ4n) is 2.92. The standard InChI is InChI=1S/C18H25N3O6S/c1-3-19-28(25,26)14-9-8-12(2)15(10-14)17(23)27-11-16(22)21-18(24)20-13-6-4-5-7-13/h8-10,13,19H,3-7,11H2,1-2H3,(H2,20,21,22,24). The molecule has 1 fully saturated rings. The van der Waals surface area contributed by atoms with Crippen LogP contribution in [0.15, 0.2) is 23.1 Å². The fourth-order valence-corrected chi connectivity index (χ4v) is 3.99. The highest BCUT2D eigenvalue weighted by molar-refractivity contribution is 7.89. The van der Waals surface area contributed by atoms with E-state index in [4.69, 9.17) is 4.74 Å². The van der Waals surface area contributed by atoms with E-state index < -0.39 is 34.5 Å². The minimum atomic E-state index is -3.73. The third-order valence-electron chi connectivity index (χ3n) is 4.35. The minimum absolute atomic E-state index is 0.0298. The minimum Gasteiger partial charge on any atom is -0.452 e. The van der Waals surface area contributed by atoms with Gasteiger partial charge in [-0.05, 0) is 37.5 Å². The number of nitrogens with one attached hydrogen (secondary N) is 3. The maximum atomic E-state index is 12.3. The molecule has 3 N–H and O–H groups in total. The molecular weight excluding hydrogens is 386 g/mol. The van der Waals surface area contributed by atoms with Crippen LogP contribution in [0.1, 0.15) is 48.5 Å². The molecule has 1 saturated carbocycles. The third kappa shape index (κ3) is 6.03. The molecule has 154 valence electrons. The number of carbonyl (C=O) groups is 3. The number of sulfonamides is 1. The molecule has 1 aromatic carbocycles. The molecule has 0 unspecified atom stereocenters. The van der Waals surface area contributed by atoms with Crippen molar-refractivity contribution in [3.05, 3.63) is 29.3 Å². The number of benzene rings is 1. The van der Waals surface area contributed by atoms with Gasteiger partial charge in [0.2, 0.25) is 10.0 Å². The fraction of sp³-hybridized carbons (Fsp3) is 0.500. The normalized spacial score (nSPS) is 14.5. The number of carbonyl (C=O) groups excluding carboxylic acids is 3. The van der Waals surface area contributed by atoms with E-state index in [1.54, 1.807) is 13.8 Å². The molecule has 0 spiro atoms. The summed E-state index contributed by atoms with van der Waals surface area (Å²) in [6, 6.07) is 3.49. The molecular formula is C18H25N3O6S. The Morgan fingerprint density at radius 1 is 1.18 bits per heavy atom. The van der Waals surface area contributed by atoms with Crippen molar-refractivity contribution in [2.45, 2.75) is 50.5 Å². The van der Waals surface area contributed by atoms with Crippen LogP contribution in [-0.4, -0.2) is 45.5 Å². The van der Waals surface area contributed by atoms with Crippen LogP contribution in [-0.2, 0) is 19.6 Å². The first kappa shape index (κ1) is 21.8. The summed E-state index contributed by atoms with van der Waals surface area (Å²) in [5.74, 6) is -1.62. The number of urea groups is 1. The molecule has 9 nitrogen and oxygen atoms in total. The van der Waals surface area contributed by atoms with Crippen LogP contribution in [0.5, 0.6) is 0 Å². The van der Waals surface area contributed by atoms with Gasteiger partial charge in [-0.3, -0.25) is 10.1 Å². The lowest BCUT2D eigenvalue weighted by Crippen LogP contribution is -2.45. The van der Waals surface area contributed by atoms with Crippen molar-refractivity contribution < 1.29 is 27.5 Å². The van der Waals surface area contributed by atoms with Gasteiger partial charge in [-0.15, -0.1) is 0 Å². The average Bonchev–Trinajstić information content (AvgIpc) is 3.12. The largest absolute Gasteiger partial charge is 0.452 e. The molecule has 1 aromatic rings. The van der Waals surface area contributed by atoms with E-state index in [1.807, 2.05) is 0 Å². The molecule has 0 bridgehead atoms. The summed E-state index contributed by atoms with van der Waals surface area (Å²) in [5.41, 5.74) is 0.530. The van der Waals surface area contributed by atoms with Crippen LogP contribution < -0.4 is 15.4 Å². The van der Waals surface area contributed by atoms with Gasteiger partial charge < -0.3 is 10.1 Å². The summed E-state index contributed by atoms with van der Waals surface area (Å²) in [5, 5.41) is 4.80. The molecule has 3 amide bonds. The van der Waals surface area contributed by atoms with Gasteiger partial charge in [0.25, 0.3) is 5.91 Å². The first-order valence-electron chi connectivity index (χ1n) is 9.10. The zero-order valence-electron chi connectivity index (χ0n) is 15.9. The van der Waals surface area contributed by atoms with Gasteiger partial charge in [0.1, 0.15) is 0 Å². The van der Waals surface area contributed by atoms with Crippen molar-refractivity contribution in [1.29, 1.82) is 0 Å². The Labute approximate surface area is 164 Å². The number of ether oxygens (including phenoxy) is 1. The van der Waals surface area contributed by atoms with E-state index in [0.29, 0.717) is 5.56 Å². The van der Waals surface area contributed by atoms with Gasteiger partial charge in [-0.2, -0.15) is 0 Å².